The van der Waals surface area contributed by atoms with E-state index in [1.165, 1.54) is 0 Å². The summed E-state index contributed by atoms with van der Waals surface area (Å²) in [5.41, 5.74) is 0.956. The number of nitrogens with zero attached hydrogens (tertiary/aromatic N) is 1. The van der Waals surface area contributed by atoms with Crippen LogP contribution in [-0.4, -0.2) is 12.1 Å². The first-order valence-corrected chi connectivity index (χ1v) is 6.58. The van der Waals surface area contributed by atoms with Crippen molar-refractivity contribution in [2.75, 3.05) is 7.11 Å². The second kappa shape index (κ2) is 6.07. The van der Waals surface area contributed by atoms with Gasteiger partial charge in [0.25, 0.3) is 0 Å². The van der Waals surface area contributed by atoms with Crippen LogP contribution in [0.2, 0.25) is 0 Å². The first kappa shape index (κ1) is 13.2. The molecule has 3 nitrogen and oxygen atoms in total. The minimum Gasteiger partial charge on any atom is -0.497 e. The molecule has 0 radical (unpaired) electrons. The van der Waals surface area contributed by atoms with E-state index in [9.17, 15) is 0 Å². The highest BCUT2D eigenvalue weighted by Gasteiger charge is 2.05. The van der Waals surface area contributed by atoms with Crippen LogP contribution in [0.5, 0.6) is 17.4 Å². The monoisotopic (exact) mass is 327 g/mol. The van der Waals surface area contributed by atoms with Crippen molar-refractivity contribution in [1.29, 1.82) is 0 Å². The molecule has 0 saturated heterocycles. The Kier molecular flexibility index (Phi) is 4.44. The van der Waals surface area contributed by atoms with E-state index in [1.54, 1.807) is 19.4 Å². The van der Waals surface area contributed by atoms with Crippen LogP contribution >= 0.6 is 27.5 Å². The molecule has 0 amide bonds. The molecule has 0 atom stereocenters. The third-order valence-corrected chi connectivity index (χ3v) is 3.23. The standard InChI is InChI=1S/C13H11BrClNO2/c1-17-10-3-4-12(11(14)6-10)18-13-5-2-9(7-15)8-16-13/h2-6,8H,7H2,1H3. The highest BCUT2D eigenvalue weighted by Crippen LogP contribution is 2.31. The van der Waals surface area contributed by atoms with Gasteiger partial charge in [0, 0.05) is 18.1 Å². The van der Waals surface area contributed by atoms with Crippen molar-refractivity contribution in [1.82, 2.24) is 4.98 Å². The van der Waals surface area contributed by atoms with Crippen LogP contribution in [-0.2, 0) is 5.88 Å². The largest absolute Gasteiger partial charge is 0.497 e. The van der Waals surface area contributed by atoms with Gasteiger partial charge in [-0.3, -0.25) is 0 Å². The molecular weight excluding hydrogens is 318 g/mol. The number of halogens is 2. The maximum absolute atomic E-state index is 5.70. The van der Waals surface area contributed by atoms with Gasteiger partial charge in [-0.25, -0.2) is 4.98 Å². The summed E-state index contributed by atoms with van der Waals surface area (Å²) >= 11 is 9.12. The molecule has 0 saturated carbocycles. The van der Waals surface area contributed by atoms with Crippen LogP contribution in [0.15, 0.2) is 41.0 Å². The lowest BCUT2D eigenvalue weighted by Gasteiger charge is -2.08. The van der Waals surface area contributed by atoms with Gasteiger partial charge >= 0.3 is 0 Å². The summed E-state index contributed by atoms with van der Waals surface area (Å²) in [5.74, 6) is 2.41. The lowest BCUT2D eigenvalue weighted by atomic mass is 10.3. The van der Waals surface area contributed by atoms with Crippen molar-refractivity contribution in [2.24, 2.45) is 0 Å². The number of benzene rings is 1. The van der Waals surface area contributed by atoms with Crippen molar-refractivity contribution < 1.29 is 9.47 Å². The van der Waals surface area contributed by atoms with Gasteiger partial charge in [-0.05, 0) is 39.7 Å². The average molecular weight is 329 g/mol. The highest BCUT2D eigenvalue weighted by atomic mass is 79.9. The Labute approximate surface area is 119 Å². The fourth-order valence-corrected chi connectivity index (χ4v) is 1.95. The molecule has 0 N–H and O–H groups in total. The SMILES string of the molecule is COc1ccc(Oc2ccc(CCl)cn2)c(Br)c1. The van der Waals surface area contributed by atoms with E-state index in [4.69, 9.17) is 21.1 Å². The Hall–Kier alpha value is -1.26. The minimum atomic E-state index is 0.444. The number of rotatable bonds is 4. The Morgan fingerprint density at radius 3 is 2.67 bits per heavy atom. The maximum atomic E-state index is 5.70. The second-order valence-electron chi connectivity index (χ2n) is 3.54. The van der Waals surface area contributed by atoms with Crippen molar-refractivity contribution in [2.45, 2.75) is 5.88 Å². The fourth-order valence-electron chi connectivity index (χ4n) is 1.35. The lowest BCUT2D eigenvalue weighted by molar-refractivity contribution is 0.411. The second-order valence-corrected chi connectivity index (χ2v) is 4.66. The van der Waals surface area contributed by atoms with Crippen LogP contribution in [0, 0.1) is 0 Å². The minimum absolute atomic E-state index is 0.444. The van der Waals surface area contributed by atoms with E-state index in [1.807, 2.05) is 24.3 Å². The zero-order valence-corrected chi connectivity index (χ0v) is 12.0. The van der Waals surface area contributed by atoms with E-state index in [2.05, 4.69) is 20.9 Å². The fraction of sp³-hybridized carbons (Fsp3) is 0.154. The lowest BCUT2D eigenvalue weighted by Crippen LogP contribution is -1.90. The number of ether oxygens (including phenoxy) is 2. The zero-order valence-electron chi connectivity index (χ0n) is 9.69. The summed E-state index contributed by atoms with van der Waals surface area (Å²) in [7, 11) is 1.62. The Morgan fingerprint density at radius 2 is 2.11 bits per heavy atom. The van der Waals surface area contributed by atoms with E-state index in [-0.39, 0.29) is 0 Å². The highest BCUT2D eigenvalue weighted by molar-refractivity contribution is 9.10. The predicted molar refractivity (Wildman–Crippen MR) is 74.6 cm³/mol. The molecular formula is C13H11BrClNO2. The Morgan fingerprint density at radius 1 is 1.28 bits per heavy atom. The molecule has 1 heterocycles. The van der Waals surface area contributed by atoms with Gasteiger partial charge in [0.2, 0.25) is 5.88 Å². The molecule has 1 aromatic heterocycles. The van der Waals surface area contributed by atoms with Gasteiger partial charge in [-0.1, -0.05) is 6.07 Å². The molecule has 94 valence electrons. The first-order chi connectivity index (χ1) is 8.72. The topological polar surface area (TPSA) is 31.4 Å². The molecule has 18 heavy (non-hydrogen) atoms. The van der Waals surface area contributed by atoms with Gasteiger partial charge in [0.1, 0.15) is 11.5 Å². The van der Waals surface area contributed by atoms with Gasteiger partial charge in [-0.2, -0.15) is 0 Å². The molecule has 0 spiro atoms. The molecule has 0 bridgehead atoms. The molecule has 0 fully saturated rings. The molecule has 1 aromatic carbocycles. The maximum Gasteiger partial charge on any atom is 0.219 e. The molecule has 5 heteroatoms. The van der Waals surface area contributed by atoms with Crippen LogP contribution in [0.25, 0.3) is 0 Å². The van der Waals surface area contributed by atoms with E-state index >= 15 is 0 Å². The van der Waals surface area contributed by atoms with Gasteiger partial charge in [0.05, 0.1) is 11.6 Å². The molecule has 0 aliphatic heterocycles. The van der Waals surface area contributed by atoms with Crippen LogP contribution < -0.4 is 9.47 Å². The number of hydrogen-bond donors (Lipinski definition) is 0. The number of pyridine rings is 1. The molecule has 0 unspecified atom stereocenters. The van der Waals surface area contributed by atoms with E-state index in [0.717, 1.165) is 15.8 Å². The van der Waals surface area contributed by atoms with Crippen molar-refractivity contribution in [3.05, 3.63) is 46.6 Å². The van der Waals surface area contributed by atoms with Crippen molar-refractivity contribution in [3.8, 4) is 17.4 Å². The summed E-state index contributed by atoms with van der Waals surface area (Å²) in [6, 6.07) is 9.15. The quantitative estimate of drug-likeness (QED) is 0.780. The van der Waals surface area contributed by atoms with Crippen molar-refractivity contribution >= 4 is 27.5 Å². The number of methoxy groups -OCH3 is 1. The van der Waals surface area contributed by atoms with Gasteiger partial charge in [-0.15, -0.1) is 11.6 Å². The normalized spacial score (nSPS) is 10.2. The van der Waals surface area contributed by atoms with Crippen LogP contribution in [0.1, 0.15) is 5.56 Å². The summed E-state index contributed by atoms with van der Waals surface area (Å²) in [6.45, 7) is 0. The average Bonchev–Trinajstić information content (AvgIpc) is 2.42. The number of alkyl halides is 1. The third kappa shape index (κ3) is 3.15. The third-order valence-electron chi connectivity index (χ3n) is 2.31. The predicted octanol–water partition coefficient (Wildman–Crippen LogP) is 4.38. The van der Waals surface area contributed by atoms with E-state index < -0.39 is 0 Å². The van der Waals surface area contributed by atoms with E-state index in [0.29, 0.717) is 17.5 Å². The summed E-state index contributed by atoms with van der Waals surface area (Å²) < 4.78 is 11.6. The molecule has 0 aliphatic carbocycles. The number of hydrogen-bond acceptors (Lipinski definition) is 3. The van der Waals surface area contributed by atoms with Crippen molar-refractivity contribution in [3.63, 3.8) is 0 Å². The summed E-state index contributed by atoms with van der Waals surface area (Å²) in [4.78, 5) is 4.17. The first-order valence-electron chi connectivity index (χ1n) is 5.25. The summed E-state index contributed by atoms with van der Waals surface area (Å²) in [5, 5.41) is 0. The molecule has 2 aromatic rings. The molecule has 2 rings (SSSR count). The Bertz CT molecular complexity index is 531. The van der Waals surface area contributed by atoms with Crippen LogP contribution in [0.3, 0.4) is 0 Å². The molecule has 0 aliphatic rings. The zero-order chi connectivity index (χ0) is 13.0. The number of aromatic nitrogens is 1. The Balaban J connectivity index is 2.17. The summed E-state index contributed by atoms with van der Waals surface area (Å²) in [6.07, 6.45) is 1.69. The van der Waals surface area contributed by atoms with Crippen LogP contribution in [0.4, 0.5) is 0 Å². The van der Waals surface area contributed by atoms with Gasteiger partial charge < -0.3 is 9.47 Å². The van der Waals surface area contributed by atoms with Gasteiger partial charge in [0.15, 0.2) is 0 Å². The smallest absolute Gasteiger partial charge is 0.219 e.